The van der Waals surface area contributed by atoms with Crippen LogP contribution < -0.4 is 0 Å². The molecular weight excluding hydrogens is 321 g/mol. The lowest BCUT2D eigenvalue weighted by Gasteiger charge is -2.33. The highest BCUT2D eigenvalue weighted by Crippen LogP contribution is 2.25. The van der Waals surface area contributed by atoms with E-state index in [0.29, 0.717) is 4.90 Å². The van der Waals surface area contributed by atoms with E-state index in [1.165, 1.54) is 4.90 Å². The van der Waals surface area contributed by atoms with Crippen molar-refractivity contribution in [2.24, 2.45) is 5.92 Å². The molecule has 2 aliphatic rings. The maximum atomic E-state index is 12.4. The SMILES string of the molecule is O=C(O)CC1CN(C(=O)C2CC(=O)N(CC(F)(F)F)C2)CCO1. The predicted octanol–water partition coefficient (Wildman–Crippen LogP) is 0.0993. The van der Waals surface area contributed by atoms with E-state index < -0.39 is 42.5 Å². The number of halogens is 3. The van der Waals surface area contributed by atoms with Crippen molar-refractivity contribution in [3.05, 3.63) is 0 Å². The number of carbonyl (C=O) groups excluding carboxylic acids is 2. The van der Waals surface area contributed by atoms with Gasteiger partial charge in [0, 0.05) is 26.1 Å². The van der Waals surface area contributed by atoms with E-state index in [0.717, 1.165) is 0 Å². The summed E-state index contributed by atoms with van der Waals surface area (Å²) in [5.41, 5.74) is 0. The van der Waals surface area contributed by atoms with Gasteiger partial charge >= 0.3 is 12.1 Å². The molecule has 2 saturated heterocycles. The van der Waals surface area contributed by atoms with Crippen molar-refractivity contribution < 1.29 is 37.4 Å². The molecule has 0 aromatic rings. The molecule has 2 unspecified atom stereocenters. The minimum Gasteiger partial charge on any atom is -0.481 e. The zero-order valence-corrected chi connectivity index (χ0v) is 12.2. The van der Waals surface area contributed by atoms with E-state index in [1.807, 2.05) is 0 Å². The molecule has 2 rings (SSSR count). The fourth-order valence-corrected chi connectivity index (χ4v) is 2.80. The van der Waals surface area contributed by atoms with Gasteiger partial charge in [0.25, 0.3) is 0 Å². The zero-order chi connectivity index (χ0) is 17.2. The first-order valence-corrected chi connectivity index (χ1v) is 7.12. The number of hydrogen-bond acceptors (Lipinski definition) is 4. The number of carbonyl (C=O) groups is 3. The first kappa shape index (κ1) is 17.5. The number of nitrogens with zero attached hydrogens (tertiary/aromatic N) is 2. The molecule has 2 heterocycles. The van der Waals surface area contributed by atoms with E-state index in [2.05, 4.69) is 0 Å². The molecule has 2 amide bonds. The third-order valence-corrected chi connectivity index (χ3v) is 3.79. The lowest BCUT2D eigenvalue weighted by Crippen LogP contribution is -2.48. The highest BCUT2D eigenvalue weighted by atomic mass is 19.4. The Hall–Kier alpha value is -1.84. The summed E-state index contributed by atoms with van der Waals surface area (Å²) in [5, 5.41) is 8.74. The number of hydrogen-bond donors (Lipinski definition) is 1. The lowest BCUT2D eigenvalue weighted by atomic mass is 10.1. The molecule has 0 aromatic carbocycles. The molecule has 0 radical (unpaired) electrons. The van der Waals surface area contributed by atoms with E-state index in [-0.39, 0.29) is 39.1 Å². The Balaban J connectivity index is 1.93. The van der Waals surface area contributed by atoms with Gasteiger partial charge in [-0.15, -0.1) is 0 Å². The largest absolute Gasteiger partial charge is 0.481 e. The summed E-state index contributed by atoms with van der Waals surface area (Å²) in [6, 6.07) is 0. The zero-order valence-electron chi connectivity index (χ0n) is 12.2. The fraction of sp³-hybridized carbons (Fsp3) is 0.769. The van der Waals surface area contributed by atoms with Gasteiger partial charge in [-0.1, -0.05) is 0 Å². The summed E-state index contributed by atoms with van der Waals surface area (Å²) < 4.78 is 42.4. The summed E-state index contributed by atoms with van der Waals surface area (Å²) in [4.78, 5) is 36.6. The van der Waals surface area contributed by atoms with Crippen molar-refractivity contribution in [1.82, 2.24) is 9.80 Å². The summed E-state index contributed by atoms with van der Waals surface area (Å²) >= 11 is 0. The van der Waals surface area contributed by atoms with Gasteiger partial charge in [0.15, 0.2) is 0 Å². The highest BCUT2D eigenvalue weighted by Gasteiger charge is 2.42. The van der Waals surface area contributed by atoms with Crippen molar-refractivity contribution >= 4 is 17.8 Å². The second-order valence-corrected chi connectivity index (χ2v) is 5.67. The number of ether oxygens (including phenoxy) is 1. The minimum atomic E-state index is -4.50. The lowest BCUT2D eigenvalue weighted by molar-refractivity contribution is -0.157. The molecule has 1 N–H and O–H groups in total. The van der Waals surface area contributed by atoms with Gasteiger partial charge in [-0.2, -0.15) is 13.2 Å². The molecule has 0 bridgehead atoms. The second kappa shape index (κ2) is 6.73. The Morgan fingerprint density at radius 2 is 2.00 bits per heavy atom. The van der Waals surface area contributed by atoms with Gasteiger partial charge in [-0.25, -0.2) is 0 Å². The molecule has 2 aliphatic heterocycles. The fourth-order valence-electron chi connectivity index (χ4n) is 2.80. The van der Waals surface area contributed by atoms with Crippen LogP contribution >= 0.6 is 0 Å². The number of aliphatic carboxylic acids is 1. The van der Waals surface area contributed by atoms with Crippen molar-refractivity contribution in [3.8, 4) is 0 Å². The van der Waals surface area contributed by atoms with Gasteiger partial charge in [0.05, 0.1) is 25.0 Å². The Morgan fingerprint density at radius 3 is 2.61 bits per heavy atom. The first-order valence-electron chi connectivity index (χ1n) is 7.12. The van der Waals surface area contributed by atoms with E-state index in [4.69, 9.17) is 9.84 Å². The average molecular weight is 338 g/mol. The molecule has 130 valence electrons. The number of likely N-dealkylation sites (tertiary alicyclic amines) is 1. The van der Waals surface area contributed by atoms with E-state index in [1.54, 1.807) is 0 Å². The van der Waals surface area contributed by atoms with Crippen LogP contribution in [0.1, 0.15) is 12.8 Å². The molecule has 7 nitrogen and oxygen atoms in total. The molecule has 10 heteroatoms. The topological polar surface area (TPSA) is 87.2 Å². The predicted molar refractivity (Wildman–Crippen MR) is 69.3 cm³/mol. The van der Waals surface area contributed by atoms with Crippen molar-refractivity contribution in [3.63, 3.8) is 0 Å². The smallest absolute Gasteiger partial charge is 0.406 e. The summed E-state index contributed by atoms with van der Waals surface area (Å²) in [6.45, 7) is -1.16. The van der Waals surface area contributed by atoms with Crippen molar-refractivity contribution in [2.45, 2.75) is 25.1 Å². The third kappa shape index (κ3) is 4.81. The van der Waals surface area contributed by atoms with Crippen LogP contribution in [0.15, 0.2) is 0 Å². The summed E-state index contributed by atoms with van der Waals surface area (Å²) in [5.74, 6) is -3.01. The van der Waals surface area contributed by atoms with Crippen LogP contribution in [0.2, 0.25) is 0 Å². The number of carboxylic acid groups (broad SMARTS) is 1. The highest BCUT2D eigenvalue weighted by molar-refractivity contribution is 5.89. The molecule has 0 saturated carbocycles. The standard InChI is InChI=1S/C13H17F3N2O5/c14-13(15,16)7-18-5-8(3-10(18)19)12(22)17-1-2-23-9(6-17)4-11(20)21/h8-9H,1-7H2,(H,20,21). The molecule has 0 aliphatic carbocycles. The Morgan fingerprint density at radius 1 is 1.30 bits per heavy atom. The monoisotopic (exact) mass is 338 g/mol. The number of amides is 2. The van der Waals surface area contributed by atoms with Gasteiger partial charge in [-0.05, 0) is 0 Å². The van der Waals surface area contributed by atoms with Gasteiger partial charge in [0.2, 0.25) is 11.8 Å². The van der Waals surface area contributed by atoms with Gasteiger partial charge in [-0.3, -0.25) is 14.4 Å². The Kier molecular flexibility index (Phi) is 5.12. The van der Waals surface area contributed by atoms with Gasteiger partial charge in [0.1, 0.15) is 6.54 Å². The molecule has 2 fully saturated rings. The third-order valence-electron chi connectivity index (χ3n) is 3.79. The molecule has 2 atom stereocenters. The van der Waals surface area contributed by atoms with E-state index >= 15 is 0 Å². The molecule has 0 spiro atoms. The maximum absolute atomic E-state index is 12.4. The number of carboxylic acids is 1. The average Bonchev–Trinajstić information content (AvgIpc) is 2.77. The number of morpholine rings is 1. The Bertz CT molecular complexity index is 496. The molecular formula is C13H17F3N2O5. The quantitative estimate of drug-likeness (QED) is 0.786. The first-order chi connectivity index (χ1) is 10.7. The second-order valence-electron chi connectivity index (χ2n) is 5.67. The van der Waals surface area contributed by atoms with Crippen LogP contribution in [0.25, 0.3) is 0 Å². The van der Waals surface area contributed by atoms with Crippen LogP contribution in [0.3, 0.4) is 0 Å². The van der Waals surface area contributed by atoms with Gasteiger partial charge < -0.3 is 19.6 Å². The number of alkyl halides is 3. The van der Waals surface area contributed by atoms with Crippen LogP contribution in [0, 0.1) is 5.92 Å². The maximum Gasteiger partial charge on any atom is 0.406 e. The van der Waals surface area contributed by atoms with Crippen LogP contribution in [-0.4, -0.2) is 77.8 Å². The number of rotatable bonds is 4. The van der Waals surface area contributed by atoms with Crippen molar-refractivity contribution in [1.29, 1.82) is 0 Å². The minimum absolute atomic E-state index is 0.0646. The summed E-state index contributed by atoms with van der Waals surface area (Å²) in [7, 11) is 0. The van der Waals surface area contributed by atoms with Crippen LogP contribution in [0.4, 0.5) is 13.2 Å². The van der Waals surface area contributed by atoms with Crippen LogP contribution in [0.5, 0.6) is 0 Å². The normalized spacial score (nSPS) is 25.8. The Labute approximate surface area is 130 Å². The van der Waals surface area contributed by atoms with Crippen molar-refractivity contribution in [2.75, 3.05) is 32.8 Å². The van der Waals surface area contributed by atoms with Crippen LogP contribution in [-0.2, 0) is 19.1 Å². The molecule has 23 heavy (non-hydrogen) atoms. The molecule has 0 aromatic heterocycles. The van der Waals surface area contributed by atoms with E-state index in [9.17, 15) is 27.6 Å². The summed E-state index contributed by atoms with van der Waals surface area (Å²) in [6.07, 6.45) is -5.66.